The topological polar surface area (TPSA) is 17.1 Å². The number of benzene rings is 2. The lowest BCUT2D eigenvalue weighted by Gasteiger charge is -2.00. The normalized spacial score (nSPS) is 12.7. The maximum absolute atomic E-state index is 12.0. The molecule has 19 heavy (non-hydrogen) atoms. The molecule has 0 aliphatic rings. The van der Waals surface area contributed by atoms with Crippen LogP contribution in [0.25, 0.3) is 6.08 Å². The second-order valence-corrected chi connectivity index (χ2v) is 6.04. The summed E-state index contributed by atoms with van der Waals surface area (Å²) in [6.07, 6.45) is 4.99. The number of hydrogen-bond donors (Lipinski definition) is 0. The molecule has 1 unspecified atom stereocenters. The Morgan fingerprint density at radius 2 is 1.68 bits per heavy atom. The third-order valence-electron chi connectivity index (χ3n) is 2.86. The number of hydrogen-bond acceptors (Lipinski definition) is 1. The lowest BCUT2D eigenvalue weighted by atomic mass is 10.2. The second-order valence-electron chi connectivity index (χ2n) is 4.46. The molecule has 0 saturated carbocycles. The van der Waals surface area contributed by atoms with Gasteiger partial charge in [-0.05, 0) is 31.0 Å². The largest absolute Gasteiger partial charge is 0.254 e. The van der Waals surface area contributed by atoms with E-state index in [-0.39, 0.29) is 0 Å². The number of rotatable bonds is 5. The van der Waals surface area contributed by atoms with E-state index in [1.807, 2.05) is 49.4 Å². The molecule has 0 spiro atoms. The first-order valence-corrected chi connectivity index (χ1v) is 7.74. The van der Waals surface area contributed by atoms with E-state index in [1.54, 1.807) is 0 Å². The predicted octanol–water partition coefficient (Wildman–Crippen LogP) is 4.21. The van der Waals surface area contributed by atoms with E-state index in [2.05, 4.69) is 24.3 Å². The van der Waals surface area contributed by atoms with Gasteiger partial charge >= 0.3 is 0 Å². The fraction of sp³-hybridized carbons (Fsp3) is 0.176. The summed E-state index contributed by atoms with van der Waals surface area (Å²) in [6.45, 7) is 2.04. The van der Waals surface area contributed by atoms with Crippen LogP contribution in [0.5, 0.6) is 0 Å². The molecule has 0 aliphatic heterocycles. The van der Waals surface area contributed by atoms with Gasteiger partial charge in [0.1, 0.15) is 0 Å². The van der Waals surface area contributed by atoms with Crippen LogP contribution in [0.15, 0.2) is 65.6 Å². The first kappa shape index (κ1) is 13.8. The van der Waals surface area contributed by atoms with Crippen LogP contribution >= 0.6 is 0 Å². The van der Waals surface area contributed by atoms with Gasteiger partial charge in [0.15, 0.2) is 0 Å². The van der Waals surface area contributed by atoms with Crippen molar-refractivity contribution in [1.82, 2.24) is 0 Å². The zero-order valence-electron chi connectivity index (χ0n) is 11.1. The molecule has 0 amide bonds. The van der Waals surface area contributed by atoms with E-state index in [9.17, 15) is 4.21 Å². The predicted molar refractivity (Wildman–Crippen MR) is 82.5 cm³/mol. The van der Waals surface area contributed by atoms with Gasteiger partial charge in [0, 0.05) is 10.6 Å². The summed E-state index contributed by atoms with van der Waals surface area (Å²) in [7, 11) is -0.901. The minimum atomic E-state index is -0.901. The maximum atomic E-state index is 12.0. The highest BCUT2D eigenvalue weighted by Gasteiger charge is 2.01. The van der Waals surface area contributed by atoms with Crippen LogP contribution in [0.3, 0.4) is 0 Å². The van der Waals surface area contributed by atoms with E-state index in [4.69, 9.17) is 0 Å². The van der Waals surface area contributed by atoms with Gasteiger partial charge in [0.25, 0.3) is 0 Å². The van der Waals surface area contributed by atoms with Crippen molar-refractivity contribution >= 4 is 16.9 Å². The highest BCUT2D eigenvalue weighted by molar-refractivity contribution is 7.85. The fourth-order valence-corrected chi connectivity index (χ4v) is 2.79. The van der Waals surface area contributed by atoms with Crippen molar-refractivity contribution < 1.29 is 4.21 Å². The Morgan fingerprint density at radius 3 is 2.37 bits per heavy atom. The summed E-state index contributed by atoms with van der Waals surface area (Å²) in [4.78, 5) is 0.915. The van der Waals surface area contributed by atoms with Crippen LogP contribution in [0, 0.1) is 6.92 Å². The zero-order chi connectivity index (χ0) is 13.5. The molecule has 1 atom stereocenters. The third kappa shape index (κ3) is 4.49. The maximum Gasteiger partial charge on any atom is 0.0532 e. The molecule has 98 valence electrons. The molecule has 2 aromatic carbocycles. The minimum Gasteiger partial charge on any atom is -0.254 e. The Kier molecular flexibility index (Phi) is 5.10. The van der Waals surface area contributed by atoms with Crippen LogP contribution in [0.4, 0.5) is 0 Å². The average molecular weight is 270 g/mol. The number of allylic oxidation sites excluding steroid dienone is 1. The van der Waals surface area contributed by atoms with E-state index in [1.165, 1.54) is 11.1 Å². The SMILES string of the molecule is Cc1ccc(S(=O)CC/C=C/c2ccccc2)cc1. The molecule has 0 N–H and O–H groups in total. The van der Waals surface area contributed by atoms with Gasteiger partial charge < -0.3 is 0 Å². The lowest BCUT2D eigenvalue weighted by molar-refractivity contribution is 0.682. The summed E-state index contributed by atoms with van der Waals surface area (Å²) in [5.74, 6) is 0.673. The zero-order valence-corrected chi connectivity index (χ0v) is 11.9. The molecule has 1 nitrogen and oxygen atoms in total. The van der Waals surface area contributed by atoms with E-state index in [0.29, 0.717) is 5.75 Å². The van der Waals surface area contributed by atoms with Gasteiger partial charge in [-0.1, -0.05) is 60.2 Å². The van der Waals surface area contributed by atoms with Crippen molar-refractivity contribution in [2.24, 2.45) is 0 Å². The second kappa shape index (κ2) is 7.05. The molecule has 0 fully saturated rings. The third-order valence-corrected chi connectivity index (χ3v) is 4.27. The van der Waals surface area contributed by atoms with Crippen LogP contribution in [0.1, 0.15) is 17.5 Å². The van der Waals surface area contributed by atoms with Crippen molar-refractivity contribution in [2.75, 3.05) is 5.75 Å². The number of aryl methyl sites for hydroxylation is 1. The molecule has 2 aromatic rings. The van der Waals surface area contributed by atoms with Crippen molar-refractivity contribution in [2.45, 2.75) is 18.2 Å². The van der Waals surface area contributed by atoms with Crippen molar-refractivity contribution in [3.8, 4) is 0 Å². The van der Waals surface area contributed by atoms with Gasteiger partial charge in [-0.2, -0.15) is 0 Å². The van der Waals surface area contributed by atoms with E-state index in [0.717, 1.165) is 11.3 Å². The Hall–Kier alpha value is -1.67. The fourth-order valence-electron chi connectivity index (χ4n) is 1.77. The highest BCUT2D eigenvalue weighted by atomic mass is 32.2. The lowest BCUT2D eigenvalue weighted by Crippen LogP contribution is -1.96. The van der Waals surface area contributed by atoms with Gasteiger partial charge in [-0.25, -0.2) is 0 Å². The Morgan fingerprint density at radius 1 is 1.00 bits per heavy atom. The molecular weight excluding hydrogens is 252 g/mol. The minimum absolute atomic E-state index is 0.673. The van der Waals surface area contributed by atoms with Crippen LogP contribution in [-0.4, -0.2) is 9.96 Å². The molecule has 0 heterocycles. The summed E-state index contributed by atoms with van der Waals surface area (Å²) in [6, 6.07) is 18.1. The summed E-state index contributed by atoms with van der Waals surface area (Å²) in [5.41, 5.74) is 2.38. The quantitative estimate of drug-likeness (QED) is 0.795. The molecule has 0 radical (unpaired) electrons. The van der Waals surface area contributed by atoms with Gasteiger partial charge in [0.2, 0.25) is 0 Å². The summed E-state index contributed by atoms with van der Waals surface area (Å²) < 4.78 is 12.0. The molecular formula is C17H18OS. The van der Waals surface area contributed by atoms with E-state index >= 15 is 0 Å². The summed E-state index contributed by atoms with van der Waals surface area (Å²) >= 11 is 0. The van der Waals surface area contributed by atoms with Crippen molar-refractivity contribution in [3.05, 3.63) is 71.8 Å². The van der Waals surface area contributed by atoms with Crippen molar-refractivity contribution in [3.63, 3.8) is 0 Å². The van der Waals surface area contributed by atoms with Crippen LogP contribution in [-0.2, 0) is 10.8 Å². The molecule has 0 bridgehead atoms. The average Bonchev–Trinajstić information content (AvgIpc) is 2.45. The monoisotopic (exact) mass is 270 g/mol. The Balaban J connectivity index is 1.84. The standard InChI is InChI=1S/C17H18OS/c1-15-10-12-17(13-11-15)19(18)14-6-5-9-16-7-3-2-4-8-16/h2-5,7-13H,6,14H2,1H3/b9-5+. The molecule has 0 aromatic heterocycles. The highest BCUT2D eigenvalue weighted by Crippen LogP contribution is 2.10. The van der Waals surface area contributed by atoms with Crippen LogP contribution in [0.2, 0.25) is 0 Å². The van der Waals surface area contributed by atoms with Gasteiger partial charge in [-0.3, -0.25) is 4.21 Å². The first-order chi connectivity index (χ1) is 9.25. The van der Waals surface area contributed by atoms with E-state index < -0.39 is 10.8 Å². The first-order valence-electron chi connectivity index (χ1n) is 6.42. The Labute approximate surface area is 117 Å². The smallest absolute Gasteiger partial charge is 0.0532 e. The molecule has 2 rings (SSSR count). The van der Waals surface area contributed by atoms with Crippen molar-refractivity contribution in [1.29, 1.82) is 0 Å². The summed E-state index contributed by atoms with van der Waals surface area (Å²) in [5, 5.41) is 0. The van der Waals surface area contributed by atoms with Gasteiger partial charge in [-0.15, -0.1) is 0 Å². The molecule has 0 saturated heterocycles. The van der Waals surface area contributed by atoms with Crippen LogP contribution < -0.4 is 0 Å². The van der Waals surface area contributed by atoms with Gasteiger partial charge in [0.05, 0.1) is 10.8 Å². The molecule has 0 aliphatic carbocycles. The Bertz CT molecular complexity index is 556. The molecule has 2 heteroatoms.